The number of methoxy groups -OCH3 is 1. The molecular weight excluding hydrogens is 361 g/mol. The van der Waals surface area contributed by atoms with Crippen LogP contribution in [0.5, 0.6) is 5.75 Å². The van der Waals surface area contributed by atoms with Gasteiger partial charge in [-0.25, -0.2) is 9.37 Å². The summed E-state index contributed by atoms with van der Waals surface area (Å²) in [6.07, 6.45) is 3.14. The van der Waals surface area contributed by atoms with Crippen molar-refractivity contribution in [3.8, 4) is 22.6 Å². The molecule has 1 N–H and O–H groups in total. The van der Waals surface area contributed by atoms with Crippen LogP contribution >= 0.6 is 0 Å². The van der Waals surface area contributed by atoms with Crippen LogP contribution in [-0.2, 0) is 4.74 Å². The summed E-state index contributed by atoms with van der Waals surface area (Å²) in [6.45, 7) is 0.961. The van der Waals surface area contributed by atoms with Crippen molar-refractivity contribution in [1.82, 2.24) is 14.5 Å². The average molecular weight is 379 g/mol. The Bertz CT molecular complexity index is 1170. The predicted molar refractivity (Wildman–Crippen MR) is 104 cm³/mol. The summed E-state index contributed by atoms with van der Waals surface area (Å²) in [5.41, 5.74) is 2.34. The molecule has 0 bridgehead atoms. The van der Waals surface area contributed by atoms with Crippen molar-refractivity contribution in [3.63, 3.8) is 0 Å². The van der Waals surface area contributed by atoms with E-state index < -0.39 is 0 Å². The second-order valence-electron chi connectivity index (χ2n) is 6.19. The number of nitrogens with one attached hydrogen (secondary N) is 1. The Morgan fingerprint density at radius 3 is 2.71 bits per heavy atom. The predicted octanol–water partition coefficient (Wildman–Crippen LogP) is 3.55. The minimum atomic E-state index is -0.358. The van der Waals surface area contributed by atoms with E-state index in [9.17, 15) is 9.18 Å². The summed E-state index contributed by atoms with van der Waals surface area (Å²) in [5, 5.41) is 0.444. The molecule has 0 radical (unpaired) electrons. The number of aromatic nitrogens is 3. The fourth-order valence-corrected chi connectivity index (χ4v) is 3.09. The Hall–Kier alpha value is -3.45. The van der Waals surface area contributed by atoms with Gasteiger partial charge >= 0.3 is 0 Å². The van der Waals surface area contributed by atoms with Gasteiger partial charge in [-0.2, -0.15) is 0 Å². The van der Waals surface area contributed by atoms with Crippen LogP contribution in [0.3, 0.4) is 0 Å². The molecule has 0 spiro atoms. The molecule has 28 heavy (non-hydrogen) atoms. The first-order valence-corrected chi connectivity index (χ1v) is 8.74. The third kappa shape index (κ3) is 3.39. The van der Waals surface area contributed by atoms with Crippen LogP contribution in [0.2, 0.25) is 0 Å². The minimum Gasteiger partial charge on any atom is -0.491 e. The summed E-state index contributed by atoms with van der Waals surface area (Å²) < 4.78 is 26.0. The van der Waals surface area contributed by atoms with Crippen molar-refractivity contribution in [2.75, 3.05) is 20.3 Å². The quantitative estimate of drug-likeness (QED) is 0.520. The van der Waals surface area contributed by atoms with E-state index in [-0.39, 0.29) is 11.4 Å². The third-order valence-corrected chi connectivity index (χ3v) is 4.40. The number of fused-ring (bicyclic) bond motifs is 1. The number of nitrogens with zero attached hydrogens (tertiary/aromatic N) is 2. The third-order valence-electron chi connectivity index (χ3n) is 4.40. The molecule has 142 valence electrons. The van der Waals surface area contributed by atoms with Gasteiger partial charge in [0.25, 0.3) is 5.56 Å². The Morgan fingerprint density at radius 1 is 1.14 bits per heavy atom. The van der Waals surface area contributed by atoms with Gasteiger partial charge in [0, 0.05) is 24.6 Å². The van der Waals surface area contributed by atoms with Crippen molar-refractivity contribution < 1.29 is 13.9 Å². The van der Waals surface area contributed by atoms with E-state index in [1.165, 1.54) is 18.5 Å². The number of hydrogen-bond donors (Lipinski definition) is 1. The van der Waals surface area contributed by atoms with Crippen molar-refractivity contribution in [1.29, 1.82) is 0 Å². The van der Waals surface area contributed by atoms with Gasteiger partial charge in [-0.15, -0.1) is 0 Å². The van der Waals surface area contributed by atoms with Crippen LogP contribution in [0.25, 0.3) is 27.8 Å². The number of hydrogen-bond acceptors (Lipinski definition) is 4. The van der Waals surface area contributed by atoms with E-state index >= 15 is 0 Å². The average Bonchev–Trinajstić information content (AvgIpc) is 3.10. The lowest BCUT2D eigenvalue weighted by molar-refractivity contribution is 0.146. The second-order valence-corrected chi connectivity index (χ2v) is 6.19. The van der Waals surface area contributed by atoms with Gasteiger partial charge in [0.2, 0.25) is 0 Å². The van der Waals surface area contributed by atoms with E-state index in [4.69, 9.17) is 9.47 Å². The van der Waals surface area contributed by atoms with E-state index in [2.05, 4.69) is 9.97 Å². The molecule has 0 amide bonds. The van der Waals surface area contributed by atoms with Gasteiger partial charge < -0.3 is 19.0 Å². The number of benzene rings is 2. The second kappa shape index (κ2) is 7.66. The highest BCUT2D eigenvalue weighted by molar-refractivity contribution is 5.94. The molecule has 0 saturated heterocycles. The minimum absolute atomic E-state index is 0.254. The van der Waals surface area contributed by atoms with E-state index in [1.807, 2.05) is 24.3 Å². The largest absolute Gasteiger partial charge is 0.491 e. The zero-order chi connectivity index (χ0) is 19.5. The molecule has 0 aliphatic rings. The Kier molecular flexibility index (Phi) is 4.90. The summed E-state index contributed by atoms with van der Waals surface area (Å²) in [7, 11) is 1.62. The van der Waals surface area contributed by atoms with Gasteiger partial charge in [-0.3, -0.25) is 4.79 Å². The molecule has 0 atom stereocenters. The maximum atomic E-state index is 13.7. The number of aromatic amines is 1. The Labute approximate surface area is 160 Å². The normalized spacial score (nSPS) is 11.1. The molecule has 2 aromatic carbocycles. The number of H-pyrrole nitrogens is 1. The van der Waals surface area contributed by atoms with Crippen LogP contribution < -0.4 is 10.3 Å². The van der Waals surface area contributed by atoms with Crippen LogP contribution in [0.15, 0.2) is 65.8 Å². The van der Waals surface area contributed by atoms with Gasteiger partial charge in [0.15, 0.2) is 5.65 Å². The standard InChI is InChI=1S/C21H18FN3O3/c1-27-9-10-28-17-7-5-14(6-8-17)18-12-25(16-4-2-3-15(22)11-16)20-19(18)21(26)24-13-23-20/h2-8,11-13H,9-10H2,1H3,(H,23,24,26). The molecule has 0 unspecified atom stereocenters. The van der Waals surface area contributed by atoms with E-state index in [1.54, 1.807) is 30.0 Å². The van der Waals surface area contributed by atoms with Crippen LogP contribution in [-0.4, -0.2) is 34.9 Å². The topological polar surface area (TPSA) is 69.1 Å². The number of rotatable bonds is 6. The van der Waals surface area contributed by atoms with Gasteiger partial charge in [-0.05, 0) is 35.9 Å². The molecule has 0 aliphatic carbocycles. The first kappa shape index (κ1) is 17.9. The molecular formula is C21H18FN3O3. The zero-order valence-corrected chi connectivity index (χ0v) is 15.2. The van der Waals surface area contributed by atoms with Crippen LogP contribution in [0.1, 0.15) is 0 Å². The van der Waals surface area contributed by atoms with Crippen molar-refractivity contribution in [2.45, 2.75) is 0 Å². The fourth-order valence-electron chi connectivity index (χ4n) is 3.09. The lowest BCUT2D eigenvalue weighted by Gasteiger charge is -2.06. The van der Waals surface area contributed by atoms with Crippen molar-refractivity contribution >= 4 is 11.0 Å². The summed E-state index contributed by atoms with van der Waals surface area (Å²) in [6, 6.07) is 13.6. The Balaban J connectivity index is 1.80. The van der Waals surface area contributed by atoms with Crippen molar-refractivity contribution in [3.05, 3.63) is 77.2 Å². The maximum Gasteiger partial charge on any atom is 0.260 e. The van der Waals surface area contributed by atoms with Gasteiger partial charge in [0.05, 0.1) is 18.3 Å². The monoisotopic (exact) mass is 379 g/mol. The smallest absolute Gasteiger partial charge is 0.260 e. The molecule has 2 heterocycles. The molecule has 0 saturated carbocycles. The molecule has 2 aromatic heterocycles. The number of halogens is 1. The highest BCUT2D eigenvalue weighted by Crippen LogP contribution is 2.30. The maximum absolute atomic E-state index is 13.7. The van der Waals surface area contributed by atoms with Gasteiger partial charge in [-0.1, -0.05) is 18.2 Å². The molecule has 6 nitrogen and oxygen atoms in total. The Morgan fingerprint density at radius 2 is 1.96 bits per heavy atom. The van der Waals surface area contributed by atoms with Gasteiger partial charge in [0.1, 0.15) is 18.2 Å². The fraction of sp³-hybridized carbons (Fsp3) is 0.143. The van der Waals surface area contributed by atoms with Crippen LogP contribution in [0.4, 0.5) is 4.39 Å². The molecule has 4 aromatic rings. The SMILES string of the molecule is COCCOc1ccc(-c2cn(-c3cccc(F)c3)c3nc[nH]c(=O)c23)cc1. The first-order chi connectivity index (χ1) is 13.7. The lowest BCUT2D eigenvalue weighted by atomic mass is 10.1. The van der Waals surface area contributed by atoms with Crippen LogP contribution in [0, 0.1) is 5.82 Å². The molecule has 7 heteroatoms. The van der Waals surface area contributed by atoms with E-state index in [0.717, 1.165) is 5.56 Å². The summed E-state index contributed by atoms with van der Waals surface area (Å²) in [5.74, 6) is 0.352. The first-order valence-electron chi connectivity index (χ1n) is 8.74. The molecule has 4 rings (SSSR count). The lowest BCUT2D eigenvalue weighted by Crippen LogP contribution is -2.07. The highest BCUT2D eigenvalue weighted by Gasteiger charge is 2.16. The highest BCUT2D eigenvalue weighted by atomic mass is 19.1. The summed E-state index contributed by atoms with van der Waals surface area (Å²) >= 11 is 0. The summed E-state index contributed by atoms with van der Waals surface area (Å²) in [4.78, 5) is 19.4. The van der Waals surface area contributed by atoms with Crippen molar-refractivity contribution in [2.24, 2.45) is 0 Å². The molecule has 0 fully saturated rings. The van der Waals surface area contributed by atoms with E-state index in [0.29, 0.717) is 41.2 Å². The molecule has 0 aliphatic heterocycles. The number of ether oxygens (including phenoxy) is 2. The zero-order valence-electron chi connectivity index (χ0n) is 15.2.